The van der Waals surface area contributed by atoms with Crippen LogP contribution in [0.4, 0.5) is 0 Å². The first kappa shape index (κ1) is 5.84. The van der Waals surface area contributed by atoms with E-state index in [1.807, 2.05) is 0 Å². The molecular weight excluding hydrogens is 144 g/mol. The minimum atomic E-state index is 0.531. The zero-order chi connectivity index (χ0) is 4.83. The molecule has 0 amide bonds. The van der Waals surface area contributed by atoms with Crippen molar-refractivity contribution in [2.75, 3.05) is 11.9 Å². The van der Waals surface area contributed by atoms with E-state index in [1.165, 1.54) is 0 Å². The largest absolute Gasteiger partial charge is 0.445 e. The van der Waals surface area contributed by atoms with Gasteiger partial charge in [0.25, 0.3) is 0 Å². The van der Waals surface area contributed by atoms with Crippen LogP contribution < -0.4 is 0 Å². The summed E-state index contributed by atoms with van der Waals surface area (Å²) in [6.45, 7) is 0.531. The van der Waals surface area contributed by atoms with Gasteiger partial charge in [0.05, 0.1) is 0 Å². The highest BCUT2D eigenvalue weighted by Gasteiger charge is 1.71. The van der Waals surface area contributed by atoms with Crippen molar-refractivity contribution in [1.82, 2.24) is 0 Å². The summed E-state index contributed by atoms with van der Waals surface area (Å²) in [6, 6.07) is 0. The van der Waals surface area contributed by atoms with Crippen LogP contribution in [0.25, 0.3) is 0 Å². The van der Waals surface area contributed by atoms with E-state index >= 15 is 0 Å². The molecule has 0 unspecified atom stereocenters. The van der Waals surface area contributed by atoms with Crippen LogP contribution in [-0.2, 0) is 4.74 Å². The van der Waals surface area contributed by atoms with Crippen molar-refractivity contribution in [2.45, 2.75) is 0 Å². The summed E-state index contributed by atoms with van der Waals surface area (Å²) in [5.74, 6) is 0. The van der Waals surface area contributed by atoms with Crippen molar-refractivity contribution in [1.29, 1.82) is 0 Å². The summed E-state index contributed by atoms with van der Waals surface area (Å²) in [5, 5.41) is 0.763. The zero-order valence-electron chi connectivity index (χ0n) is 3.20. The minimum absolute atomic E-state index is 0.531. The van der Waals surface area contributed by atoms with E-state index in [0.29, 0.717) is 6.61 Å². The van der Waals surface area contributed by atoms with Crippen LogP contribution in [0.5, 0.6) is 0 Å². The van der Waals surface area contributed by atoms with Crippen LogP contribution in [0.3, 0.4) is 0 Å². The molecule has 0 aromatic rings. The number of rotatable bonds is 2. The molecule has 0 aromatic heterocycles. The van der Waals surface area contributed by atoms with Crippen molar-refractivity contribution in [2.24, 2.45) is 0 Å². The average Bonchev–Trinajstić information content (AvgIpc) is 1.61. The molecule has 0 spiro atoms. The van der Waals surface area contributed by atoms with Crippen LogP contribution in [0.15, 0.2) is 0 Å². The summed E-state index contributed by atoms with van der Waals surface area (Å²) in [7, 11) is 0. The van der Waals surface area contributed by atoms with Crippen molar-refractivity contribution < 1.29 is 4.74 Å². The van der Waals surface area contributed by atoms with Gasteiger partial charge in [-0.3, -0.25) is 0 Å². The van der Waals surface area contributed by atoms with Crippen molar-refractivity contribution >= 4 is 15.9 Å². The number of halogens is 1. The van der Waals surface area contributed by atoms with Gasteiger partial charge in [-0.25, -0.2) is 0 Å². The van der Waals surface area contributed by atoms with Gasteiger partial charge in [0, 0.05) is 11.8 Å². The molecule has 1 nitrogen and oxygen atoms in total. The van der Waals surface area contributed by atoms with Gasteiger partial charge in [-0.05, 0) is 0 Å². The lowest BCUT2D eigenvalue weighted by atomic mass is 10.9. The number of alkyl halides is 1. The summed E-state index contributed by atoms with van der Waals surface area (Å²) in [6.07, 6.45) is 8.00. The van der Waals surface area contributed by atoms with Crippen LogP contribution in [-0.4, -0.2) is 11.9 Å². The number of hydrogen-bond acceptors (Lipinski definition) is 1. The molecule has 0 atom stereocenters. The second kappa shape index (κ2) is 4.84. The number of ether oxygens (including phenoxy) is 1. The standard InChI is InChI=1S/C4H4BrO/c1-2-6-4-3-5/h3-4H2. The molecule has 1 radical (unpaired) electrons. The first-order valence-corrected chi connectivity index (χ1v) is 2.63. The van der Waals surface area contributed by atoms with Crippen molar-refractivity contribution in [3.8, 4) is 6.11 Å². The van der Waals surface area contributed by atoms with Gasteiger partial charge in [0.1, 0.15) is 12.7 Å². The molecule has 6 heavy (non-hydrogen) atoms. The Balaban J connectivity index is 2.54. The highest BCUT2D eigenvalue weighted by molar-refractivity contribution is 9.09. The Morgan fingerprint density at radius 1 is 1.83 bits per heavy atom. The van der Waals surface area contributed by atoms with Crippen molar-refractivity contribution in [3.05, 3.63) is 6.42 Å². The maximum Gasteiger partial charge on any atom is 0.124 e. The van der Waals surface area contributed by atoms with Gasteiger partial charge >= 0.3 is 0 Å². The maximum absolute atomic E-state index is 6.21. The predicted octanol–water partition coefficient (Wildman–Crippen LogP) is 0.945. The highest BCUT2D eigenvalue weighted by Crippen LogP contribution is 1.77. The maximum atomic E-state index is 6.21. The fourth-order valence-electron chi connectivity index (χ4n) is 0.0896. The summed E-state index contributed by atoms with van der Waals surface area (Å²) < 4.78 is 4.35. The molecule has 0 bridgehead atoms. The Bertz CT molecular complexity index is 55.1. The Morgan fingerprint density at radius 3 is 2.67 bits per heavy atom. The molecule has 33 valence electrons. The van der Waals surface area contributed by atoms with Crippen LogP contribution in [0, 0.1) is 12.5 Å². The molecular formula is C4H4BrO. The molecule has 0 fully saturated rings. The van der Waals surface area contributed by atoms with E-state index < -0.39 is 0 Å². The topological polar surface area (TPSA) is 9.23 Å². The Hall–Kier alpha value is -0.160. The van der Waals surface area contributed by atoms with Gasteiger partial charge in [0.15, 0.2) is 0 Å². The third-order valence-corrected chi connectivity index (χ3v) is 0.575. The predicted molar refractivity (Wildman–Crippen MR) is 26.9 cm³/mol. The molecule has 0 aliphatic carbocycles. The smallest absolute Gasteiger partial charge is 0.124 e. The van der Waals surface area contributed by atoms with E-state index in [-0.39, 0.29) is 0 Å². The molecule has 2 heteroatoms. The lowest BCUT2D eigenvalue weighted by molar-refractivity contribution is 0.303. The van der Waals surface area contributed by atoms with E-state index in [2.05, 4.69) is 20.7 Å². The SMILES string of the molecule is [C]#COCCBr. The molecule has 0 rings (SSSR count). The first-order valence-electron chi connectivity index (χ1n) is 1.51. The molecule has 0 aliphatic heterocycles. The monoisotopic (exact) mass is 147 g/mol. The third kappa shape index (κ3) is 3.84. The fourth-order valence-corrected chi connectivity index (χ4v) is 0.251. The van der Waals surface area contributed by atoms with E-state index in [1.54, 1.807) is 6.11 Å². The third-order valence-electron chi connectivity index (χ3n) is 0.251. The molecule has 0 N–H and O–H groups in total. The van der Waals surface area contributed by atoms with Gasteiger partial charge in [-0.1, -0.05) is 15.9 Å². The second-order valence-corrected chi connectivity index (χ2v) is 1.43. The zero-order valence-corrected chi connectivity index (χ0v) is 4.79. The van der Waals surface area contributed by atoms with Gasteiger partial charge in [-0.15, -0.1) is 0 Å². The van der Waals surface area contributed by atoms with Gasteiger partial charge in [-0.2, -0.15) is 0 Å². The lowest BCUT2D eigenvalue weighted by Gasteiger charge is -1.84. The molecule has 0 aromatic carbocycles. The summed E-state index contributed by atoms with van der Waals surface area (Å²) in [5.41, 5.74) is 0. The minimum Gasteiger partial charge on any atom is -0.445 e. The lowest BCUT2D eigenvalue weighted by Crippen LogP contribution is -1.84. The molecule has 0 saturated carbocycles. The Labute approximate surface area is 45.8 Å². The van der Waals surface area contributed by atoms with Gasteiger partial charge < -0.3 is 4.74 Å². The Morgan fingerprint density at radius 2 is 2.50 bits per heavy atom. The van der Waals surface area contributed by atoms with Crippen LogP contribution in [0.1, 0.15) is 0 Å². The van der Waals surface area contributed by atoms with Crippen LogP contribution >= 0.6 is 15.9 Å². The molecule has 0 aliphatic rings. The number of hydrogen-bond donors (Lipinski definition) is 0. The molecule has 0 heterocycles. The Kier molecular flexibility index (Phi) is 4.71. The normalized spacial score (nSPS) is 6.67. The van der Waals surface area contributed by atoms with Gasteiger partial charge in [0.2, 0.25) is 0 Å². The van der Waals surface area contributed by atoms with E-state index in [9.17, 15) is 0 Å². The second-order valence-electron chi connectivity index (χ2n) is 0.640. The van der Waals surface area contributed by atoms with E-state index in [4.69, 9.17) is 6.42 Å². The quantitative estimate of drug-likeness (QED) is 0.321. The van der Waals surface area contributed by atoms with Crippen molar-refractivity contribution in [3.63, 3.8) is 0 Å². The highest BCUT2D eigenvalue weighted by atomic mass is 79.9. The summed E-state index contributed by atoms with van der Waals surface area (Å²) >= 11 is 3.10. The average molecular weight is 148 g/mol. The van der Waals surface area contributed by atoms with E-state index in [0.717, 1.165) is 5.33 Å². The molecule has 0 saturated heterocycles. The summed E-state index contributed by atoms with van der Waals surface area (Å²) in [4.78, 5) is 0. The van der Waals surface area contributed by atoms with Crippen LogP contribution in [0.2, 0.25) is 0 Å². The fraction of sp³-hybridized carbons (Fsp3) is 0.500. The first-order chi connectivity index (χ1) is 2.91.